The van der Waals surface area contributed by atoms with Crippen LogP contribution in [-0.4, -0.2) is 109 Å². The minimum atomic E-state index is -4.92. The van der Waals surface area contributed by atoms with Gasteiger partial charge in [-0.25, -0.2) is 15.0 Å². The molecule has 0 saturated carbocycles. The van der Waals surface area contributed by atoms with Gasteiger partial charge in [0, 0.05) is 38.0 Å². The van der Waals surface area contributed by atoms with Crippen LogP contribution < -0.4 is 5.32 Å². The van der Waals surface area contributed by atoms with Crippen molar-refractivity contribution in [2.75, 3.05) is 39.8 Å². The smallest absolute Gasteiger partial charge is 0.414 e. The summed E-state index contributed by atoms with van der Waals surface area (Å²) >= 11 is 0. The number of hydrogen-bond donors (Lipinski definition) is 1. The van der Waals surface area contributed by atoms with Crippen molar-refractivity contribution in [1.82, 2.24) is 24.8 Å². The molecule has 12 nitrogen and oxygen atoms in total. The van der Waals surface area contributed by atoms with Crippen molar-refractivity contribution in [3.63, 3.8) is 0 Å². The topological polar surface area (TPSA) is 125 Å². The minimum Gasteiger partial charge on any atom is -0.414 e. The fourth-order valence-corrected chi connectivity index (χ4v) is 7.47. The molecule has 1 fully saturated rings. The number of fused-ring (bicyclic) bond motifs is 1. The number of alkyl halides is 3. The van der Waals surface area contributed by atoms with Crippen molar-refractivity contribution in [3.05, 3.63) is 18.1 Å². The first-order valence-corrected chi connectivity index (χ1v) is 21.6. The van der Waals surface area contributed by atoms with Crippen LogP contribution in [0.5, 0.6) is 0 Å². The molecule has 0 aromatic carbocycles. The number of carbonyl (C=O) groups excluding carboxylic acids is 1. The van der Waals surface area contributed by atoms with Crippen LogP contribution in [-0.2, 0) is 23.5 Å². The van der Waals surface area contributed by atoms with Crippen LogP contribution in [0.4, 0.5) is 19.0 Å². The van der Waals surface area contributed by atoms with E-state index in [0.717, 1.165) is 5.71 Å². The predicted molar refractivity (Wildman–Crippen MR) is 201 cm³/mol. The monoisotopic (exact) mass is 773 g/mol. The van der Waals surface area contributed by atoms with E-state index in [4.69, 9.17) is 18.7 Å². The molecule has 1 unspecified atom stereocenters. The zero-order valence-electron chi connectivity index (χ0n) is 31.2. The molecule has 3 rings (SSSR count). The van der Waals surface area contributed by atoms with Gasteiger partial charge in [0.15, 0.2) is 20.2 Å². The number of carbonyl (C=O) groups is 1. The molecule has 2 aromatic rings. The zero-order valence-corrected chi connectivity index (χ0v) is 33.8. The first-order chi connectivity index (χ1) is 23.6. The molecular weight excluding hydrogens is 724 g/mol. The summed E-state index contributed by atoms with van der Waals surface area (Å²) in [5.74, 6) is 4.93. The molecular formula is C33H50F3N7O5S2Si. The van der Waals surface area contributed by atoms with E-state index in [0.29, 0.717) is 35.4 Å². The van der Waals surface area contributed by atoms with E-state index < -0.39 is 31.4 Å². The van der Waals surface area contributed by atoms with Gasteiger partial charge in [-0.2, -0.15) is 13.2 Å². The number of amides is 1. The molecule has 1 aliphatic rings. The van der Waals surface area contributed by atoms with E-state index in [9.17, 15) is 18.0 Å². The van der Waals surface area contributed by atoms with E-state index in [1.165, 1.54) is 27.9 Å². The molecule has 0 bridgehead atoms. The van der Waals surface area contributed by atoms with Crippen molar-refractivity contribution >= 4 is 64.7 Å². The lowest BCUT2D eigenvalue weighted by atomic mass is 10.2. The number of oxime groups is 1. The molecule has 18 heteroatoms. The second-order valence-corrected chi connectivity index (χ2v) is 22.3. The Balaban J connectivity index is 1.80. The van der Waals surface area contributed by atoms with Gasteiger partial charge in [0.1, 0.15) is 36.9 Å². The van der Waals surface area contributed by atoms with Gasteiger partial charge in [-0.15, -0.1) is 0 Å². The summed E-state index contributed by atoms with van der Waals surface area (Å²) in [5.41, 5.74) is 2.02. The Morgan fingerprint density at radius 1 is 1.22 bits per heavy atom. The molecule has 284 valence electrons. The zero-order chi connectivity index (χ0) is 38.2. The predicted octanol–water partition coefficient (Wildman–Crippen LogP) is 6.91. The van der Waals surface area contributed by atoms with Crippen LogP contribution in [0.15, 0.2) is 22.7 Å². The Morgan fingerprint density at radius 2 is 1.92 bits per heavy atom. The Labute approximate surface area is 307 Å². The normalized spacial score (nSPS) is 18.5. The highest BCUT2D eigenvalue weighted by Gasteiger charge is 2.43. The first kappa shape index (κ1) is 42.6. The number of aromatic nitrogens is 3. The van der Waals surface area contributed by atoms with Crippen molar-refractivity contribution in [2.45, 2.75) is 102 Å². The highest BCUT2D eigenvalue weighted by Crippen LogP contribution is 2.40. The molecule has 3 atom stereocenters. The van der Waals surface area contributed by atoms with Gasteiger partial charge in [0.2, 0.25) is 0 Å². The number of ether oxygens (including phenoxy) is 2. The third-order valence-electron chi connectivity index (χ3n) is 8.02. The molecule has 0 spiro atoms. The average Bonchev–Trinajstić information content (AvgIpc) is 3.60. The van der Waals surface area contributed by atoms with Gasteiger partial charge >= 0.3 is 12.1 Å². The lowest BCUT2D eigenvalue weighted by Crippen LogP contribution is -2.44. The maximum Gasteiger partial charge on any atom is 0.471 e. The lowest BCUT2D eigenvalue weighted by molar-refractivity contribution is -0.173. The quantitative estimate of drug-likeness (QED) is 0.0299. The van der Waals surface area contributed by atoms with Crippen LogP contribution in [0.25, 0.3) is 11.0 Å². The van der Waals surface area contributed by atoms with Gasteiger partial charge < -0.3 is 33.5 Å². The van der Waals surface area contributed by atoms with E-state index >= 15 is 0 Å². The highest BCUT2D eigenvalue weighted by molar-refractivity contribution is 8.77. The number of rotatable bonds is 15. The van der Waals surface area contributed by atoms with Gasteiger partial charge in [-0.3, -0.25) is 4.79 Å². The molecule has 1 amide bonds. The van der Waals surface area contributed by atoms with Crippen LogP contribution >= 0.6 is 21.6 Å². The van der Waals surface area contributed by atoms with E-state index in [-0.39, 0.29) is 36.3 Å². The maximum atomic E-state index is 12.5. The number of hydrogen-bond acceptors (Lipinski definition) is 11. The van der Waals surface area contributed by atoms with E-state index in [2.05, 4.69) is 65.8 Å². The number of nitrogens with zero attached hydrogens (tertiary/aromatic N) is 6. The fourth-order valence-electron chi connectivity index (χ4n) is 4.33. The van der Waals surface area contributed by atoms with E-state index in [1.807, 2.05) is 44.0 Å². The lowest BCUT2D eigenvalue weighted by Gasteiger charge is -2.37. The largest absolute Gasteiger partial charge is 0.471 e. The summed E-state index contributed by atoms with van der Waals surface area (Å²) in [7, 11) is 4.28. The SMILES string of the molecule is CC(C)=NOC1C[C@H](n2cc(C#CCOCSSC(C)(C)CNC(=O)C(F)(F)F)c3c(N=CN(C)C)ncnc32)O[C@@H]1CO[Si](C)(C)C(C)(C)C. The van der Waals surface area contributed by atoms with Gasteiger partial charge in [0.05, 0.1) is 29.6 Å². The van der Waals surface area contributed by atoms with Gasteiger partial charge in [-0.05, 0) is 45.8 Å². The molecule has 51 heavy (non-hydrogen) atoms. The Hall–Kier alpha value is -2.82. The third-order valence-corrected chi connectivity index (χ3v) is 15.5. The minimum absolute atomic E-state index is 0.0285. The third kappa shape index (κ3) is 12.7. The molecule has 1 N–H and O–H groups in total. The molecule has 1 saturated heterocycles. The maximum absolute atomic E-state index is 12.5. The first-order valence-electron chi connectivity index (χ1n) is 16.4. The Morgan fingerprint density at radius 3 is 2.55 bits per heavy atom. The summed E-state index contributed by atoms with van der Waals surface area (Å²) in [6.45, 7) is 18.5. The molecule has 0 aliphatic carbocycles. The molecule has 2 aromatic heterocycles. The number of aliphatic imine (C=N–C) groups is 1. The summed E-state index contributed by atoms with van der Waals surface area (Å²) in [6, 6.07) is 0. The standard InChI is InChI=1S/C33H50F3N7O5S2Si/c1-22(2)41-48-24-15-26(47-25(24)17-46-51(10,11)31(3,4)5)43-16-23(27-28(40-20-42(8)9)38-19-39-29(27)43)13-12-14-45-21-49-50-32(6,7)18-37-30(44)33(34,35)36/h16,19-20,24-26H,14-15,17-18,21H2,1-11H3,(H,37,44)/t24?,25-,26-/m1/s1. The summed E-state index contributed by atoms with van der Waals surface area (Å²) in [4.78, 5) is 32.5. The van der Waals surface area contributed by atoms with Crippen molar-refractivity contribution in [2.24, 2.45) is 10.1 Å². The summed E-state index contributed by atoms with van der Waals surface area (Å²) in [5, 5.41) is 6.85. The van der Waals surface area contributed by atoms with Crippen molar-refractivity contribution in [1.29, 1.82) is 0 Å². The Bertz CT molecular complexity index is 1610. The second-order valence-electron chi connectivity index (χ2n) is 14.6. The van der Waals surface area contributed by atoms with E-state index in [1.54, 1.807) is 25.1 Å². The van der Waals surface area contributed by atoms with Crippen LogP contribution in [0, 0.1) is 11.8 Å². The molecule has 1 aliphatic heterocycles. The van der Waals surface area contributed by atoms with Crippen LogP contribution in [0.1, 0.15) is 66.7 Å². The molecule has 3 heterocycles. The number of nitrogens with one attached hydrogen (secondary N) is 1. The Kier molecular flexibility index (Phi) is 14.9. The van der Waals surface area contributed by atoms with Gasteiger partial charge in [0.25, 0.3) is 0 Å². The summed E-state index contributed by atoms with van der Waals surface area (Å²) < 4.78 is 57.6. The van der Waals surface area contributed by atoms with Crippen LogP contribution in [0.3, 0.4) is 0 Å². The van der Waals surface area contributed by atoms with Crippen LogP contribution in [0.2, 0.25) is 18.1 Å². The highest BCUT2D eigenvalue weighted by atomic mass is 33.1. The second kappa shape index (κ2) is 17.8. The summed E-state index contributed by atoms with van der Waals surface area (Å²) in [6.07, 6.45) is -0.629. The number of halogens is 3. The fraction of sp³-hybridized carbons (Fsp3) is 0.667. The average molecular weight is 774 g/mol. The van der Waals surface area contributed by atoms with Crippen molar-refractivity contribution in [3.8, 4) is 11.8 Å². The van der Waals surface area contributed by atoms with Gasteiger partial charge in [-0.1, -0.05) is 59.4 Å². The van der Waals surface area contributed by atoms with Crippen molar-refractivity contribution < 1.29 is 36.7 Å². The molecule has 0 radical (unpaired) electrons.